The maximum Gasteiger partial charge on any atom is 0.286 e. The summed E-state index contributed by atoms with van der Waals surface area (Å²) < 4.78 is 26.1. The first-order chi connectivity index (χ1) is 10.4. The number of nitriles is 1. The minimum absolute atomic E-state index is 0.0837. The Labute approximate surface area is 134 Å². The molecule has 0 spiro atoms. The van der Waals surface area contributed by atoms with Gasteiger partial charge in [-0.2, -0.15) is 13.7 Å². The number of nitrogens with zero attached hydrogens (tertiary/aromatic N) is 2. The number of hydrogen-bond acceptors (Lipinski definition) is 4. The molecule has 2 rings (SSSR count). The molecule has 114 valence electrons. The molecule has 0 fully saturated rings. The molecule has 0 amide bonds. The lowest BCUT2D eigenvalue weighted by atomic mass is 10.2. The van der Waals surface area contributed by atoms with E-state index in [9.17, 15) is 8.42 Å². The Kier molecular flexibility index (Phi) is 4.71. The number of hydrogen-bond donors (Lipinski definition) is 0. The van der Waals surface area contributed by atoms with Gasteiger partial charge in [0.2, 0.25) is 0 Å². The molecule has 0 aliphatic carbocycles. The van der Waals surface area contributed by atoms with Gasteiger partial charge < -0.3 is 0 Å². The van der Waals surface area contributed by atoms with Crippen LogP contribution in [-0.4, -0.2) is 15.5 Å². The first-order valence-corrected chi connectivity index (χ1v) is 8.07. The van der Waals surface area contributed by atoms with Crippen LogP contribution in [0.5, 0.6) is 0 Å². The third-order valence-electron chi connectivity index (χ3n) is 2.98. The van der Waals surface area contributed by atoms with E-state index in [1.54, 1.807) is 12.1 Å². The Balaban J connectivity index is 2.52. The van der Waals surface area contributed by atoms with Crippen molar-refractivity contribution in [1.82, 2.24) is 0 Å². The van der Waals surface area contributed by atoms with Gasteiger partial charge in [-0.05, 0) is 37.3 Å². The lowest BCUT2D eigenvalue weighted by Gasteiger charge is -2.22. The minimum Gasteiger partial charge on any atom is -0.262 e. The molecule has 0 aromatic heterocycles. The van der Waals surface area contributed by atoms with Crippen molar-refractivity contribution in [2.45, 2.75) is 11.8 Å². The molecule has 0 N–H and O–H groups in total. The highest BCUT2D eigenvalue weighted by atomic mass is 35.5. The summed E-state index contributed by atoms with van der Waals surface area (Å²) in [5, 5.41) is 8.95. The molecule has 0 heterocycles. The van der Waals surface area contributed by atoms with Crippen molar-refractivity contribution in [3.63, 3.8) is 0 Å². The van der Waals surface area contributed by atoms with Gasteiger partial charge in [0.1, 0.15) is 5.69 Å². The molecule has 0 aliphatic heterocycles. The van der Waals surface area contributed by atoms with E-state index in [1.807, 2.05) is 13.0 Å². The lowest BCUT2D eigenvalue weighted by Crippen LogP contribution is -2.30. The van der Waals surface area contributed by atoms with Crippen LogP contribution in [0.25, 0.3) is 0 Å². The van der Waals surface area contributed by atoms with E-state index in [-0.39, 0.29) is 15.6 Å². The number of sulfonamides is 1. The summed E-state index contributed by atoms with van der Waals surface area (Å²) in [5.74, 6) is 0. The predicted molar refractivity (Wildman–Crippen MR) is 84.0 cm³/mol. The molecule has 0 saturated carbocycles. The number of benzene rings is 2. The van der Waals surface area contributed by atoms with Crippen LogP contribution in [0.1, 0.15) is 11.1 Å². The topological polar surface area (TPSA) is 70.4 Å². The molecule has 0 bridgehead atoms. The second-order valence-electron chi connectivity index (χ2n) is 4.51. The van der Waals surface area contributed by atoms with Crippen molar-refractivity contribution in [1.29, 1.82) is 5.26 Å². The van der Waals surface area contributed by atoms with Crippen LogP contribution in [0.3, 0.4) is 0 Å². The first-order valence-electron chi connectivity index (χ1n) is 6.26. The Hall–Kier alpha value is -2.07. The molecule has 0 saturated heterocycles. The van der Waals surface area contributed by atoms with E-state index < -0.39 is 10.0 Å². The van der Waals surface area contributed by atoms with Gasteiger partial charge in [-0.3, -0.25) is 4.84 Å². The van der Waals surface area contributed by atoms with Gasteiger partial charge in [-0.25, -0.2) is 0 Å². The van der Waals surface area contributed by atoms with Gasteiger partial charge in [0, 0.05) is 0 Å². The van der Waals surface area contributed by atoms with Crippen molar-refractivity contribution >= 4 is 27.3 Å². The van der Waals surface area contributed by atoms with Crippen molar-refractivity contribution in [2.24, 2.45) is 0 Å². The molecule has 0 unspecified atom stereocenters. The van der Waals surface area contributed by atoms with Crippen LogP contribution >= 0.6 is 11.6 Å². The summed E-state index contributed by atoms with van der Waals surface area (Å²) in [4.78, 5) is 5.10. The molecular formula is C15H13ClN2O3S. The van der Waals surface area contributed by atoms with Crippen molar-refractivity contribution in [3.8, 4) is 6.07 Å². The van der Waals surface area contributed by atoms with E-state index in [2.05, 4.69) is 0 Å². The van der Waals surface area contributed by atoms with Crippen molar-refractivity contribution < 1.29 is 13.3 Å². The standard InChI is InChI=1S/C15H13ClN2O3S/c1-11-3-6-13(7-4-11)22(19,20)18(21-2)15-8-5-12(10-17)9-14(15)16/h3-9H,1-2H3. The van der Waals surface area contributed by atoms with E-state index in [0.29, 0.717) is 5.56 Å². The summed E-state index contributed by atoms with van der Waals surface area (Å²) in [6, 6.07) is 12.6. The fourth-order valence-electron chi connectivity index (χ4n) is 1.86. The predicted octanol–water partition coefficient (Wildman–Crippen LogP) is 3.28. The maximum atomic E-state index is 12.7. The second-order valence-corrected chi connectivity index (χ2v) is 6.67. The highest BCUT2D eigenvalue weighted by molar-refractivity contribution is 7.92. The minimum atomic E-state index is -3.92. The van der Waals surface area contributed by atoms with Gasteiger partial charge in [-0.1, -0.05) is 29.3 Å². The highest BCUT2D eigenvalue weighted by Gasteiger charge is 2.27. The Morgan fingerprint density at radius 1 is 1.18 bits per heavy atom. The van der Waals surface area contributed by atoms with Crippen LogP contribution in [-0.2, 0) is 14.9 Å². The average Bonchev–Trinajstić information content (AvgIpc) is 2.49. The molecule has 0 atom stereocenters. The second kappa shape index (κ2) is 6.36. The van der Waals surface area contributed by atoms with Crippen molar-refractivity contribution in [2.75, 3.05) is 11.6 Å². The van der Waals surface area contributed by atoms with E-state index in [4.69, 9.17) is 21.7 Å². The molecule has 2 aromatic carbocycles. The normalized spacial score (nSPS) is 11.0. The Bertz CT molecular complexity index is 827. The molecule has 7 heteroatoms. The van der Waals surface area contributed by atoms with Gasteiger partial charge in [0.05, 0.1) is 28.7 Å². The lowest BCUT2D eigenvalue weighted by molar-refractivity contribution is 0.216. The summed E-state index contributed by atoms with van der Waals surface area (Å²) in [7, 11) is -2.68. The van der Waals surface area contributed by atoms with Crippen LogP contribution in [0, 0.1) is 18.3 Å². The van der Waals surface area contributed by atoms with Crippen molar-refractivity contribution in [3.05, 3.63) is 58.6 Å². The smallest absolute Gasteiger partial charge is 0.262 e. The number of halogens is 1. The first kappa shape index (κ1) is 16.3. The summed E-state index contributed by atoms with van der Waals surface area (Å²) in [6.45, 7) is 1.86. The van der Waals surface area contributed by atoms with Crippen LogP contribution < -0.4 is 4.47 Å². The SMILES string of the molecule is CON(c1ccc(C#N)cc1Cl)S(=O)(=O)c1ccc(C)cc1. The van der Waals surface area contributed by atoms with Crippen LogP contribution in [0.2, 0.25) is 5.02 Å². The molecular weight excluding hydrogens is 324 g/mol. The highest BCUT2D eigenvalue weighted by Crippen LogP contribution is 2.31. The van der Waals surface area contributed by atoms with Crippen LogP contribution in [0.15, 0.2) is 47.4 Å². The number of aryl methyl sites for hydroxylation is 1. The zero-order valence-electron chi connectivity index (χ0n) is 11.9. The molecule has 0 radical (unpaired) electrons. The zero-order valence-corrected chi connectivity index (χ0v) is 13.5. The average molecular weight is 337 g/mol. The summed E-state index contributed by atoms with van der Waals surface area (Å²) in [5.41, 5.74) is 1.42. The van der Waals surface area contributed by atoms with Gasteiger partial charge in [0.15, 0.2) is 0 Å². The number of anilines is 1. The van der Waals surface area contributed by atoms with Gasteiger partial charge in [-0.15, -0.1) is 4.47 Å². The fraction of sp³-hybridized carbons (Fsp3) is 0.133. The van der Waals surface area contributed by atoms with Gasteiger partial charge >= 0.3 is 0 Å². The largest absolute Gasteiger partial charge is 0.286 e. The van der Waals surface area contributed by atoms with Crippen LogP contribution in [0.4, 0.5) is 5.69 Å². The van der Waals surface area contributed by atoms with E-state index in [0.717, 1.165) is 10.0 Å². The number of rotatable bonds is 4. The third-order valence-corrected chi connectivity index (χ3v) is 4.93. The molecule has 0 aliphatic rings. The summed E-state index contributed by atoms with van der Waals surface area (Å²) in [6.07, 6.45) is 0. The zero-order chi connectivity index (χ0) is 16.3. The fourth-order valence-corrected chi connectivity index (χ4v) is 3.45. The van der Waals surface area contributed by atoms with Gasteiger partial charge in [0.25, 0.3) is 10.0 Å². The van der Waals surface area contributed by atoms with E-state index in [1.165, 1.54) is 37.4 Å². The quantitative estimate of drug-likeness (QED) is 0.803. The third kappa shape index (κ3) is 3.07. The molecule has 2 aromatic rings. The summed E-state index contributed by atoms with van der Waals surface area (Å²) >= 11 is 6.06. The molecule has 5 nitrogen and oxygen atoms in total. The molecule has 22 heavy (non-hydrogen) atoms. The maximum absolute atomic E-state index is 12.7. The Morgan fingerprint density at radius 2 is 1.82 bits per heavy atom. The monoisotopic (exact) mass is 336 g/mol. The van der Waals surface area contributed by atoms with E-state index >= 15 is 0 Å². The Morgan fingerprint density at radius 3 is 2.32 bits per heavy atom.